The fourth-order valence-electron chi connectivity index (χ4n) is 3.56. The molecule has 0 radical (unpaired) electrons. The summed E-state index contributed by atoms with van der Waals surface area (Å²) < 4.78 is 1.88. The van der Waals surface area contributed by atoms with E-state index < -0.39 is 0 Å². The molecule has 1 aromatic carbocycles. The summed E-state index contributed by atoms with van der Waals surface area (Å²) in [7, 11) is 0. The quantitative estimate of drug-likeness (QED) is 0.702. The van der Waals surface area contributed by atoms with Crippen molar-refractivity contribution in [2.75, 3.05) is 5.32 Å². The number of hydrogen-bond acceptors (Lipinski definition) is 4. The summed E-state index contributed by atoms with van der Waals surface area (Å²) >= 11 is 0. The predicted molar refractivity (Wildman–Crippen MR) is 110 cm³/mol. The standard InChI is InChI=1S/C22H23N5O2/c1-15-7-6-9-16(13-15)25-21(28)19-18-10-3-5-12-27(18)20(26-19)22(29)24-14-17-8-2-4-11-23-17/h2,4,6-9,11,13H,3,5,10,12,14H2,1H3,(H,24,29)(H,25,28). The fraction of sp³-hybridized carbons (Fsp3) is 0.273. The second-order valence-electron chi connectivity index (χ2n) is 7.17. The van der Waals surface area contributed by atoms with Gasteiger partial charge in [0, 0.05) is 18.4 Å². The lowest BCUT2D eigenvalue weighted by Gasteiger charge is -2.17. The Kier molecular flexibility index (Phi) is 5.37. The van der Waals surface area contributed by atoms with Gasteiger partial charge in [-0.1, -0.05) is 18.2 Å². The van der Waals surface area contributed by atoms with Gasteiger partial charge in [0.25, 0.3) is 11.8 Å². The van der Waals surface area contributed by atoms with E-state index in [0.29, 0.717) is 24.5 Å². The summed E-state index contributed by atoms with van der Waals surface area (Å²) in [4.78, 5) is 34.3. The molecule has 29 heavy (non-hydrogen) atoms. The van der Waals surface area contributed by atoms with Gasteiger partial charge in [0.2, 0.25) is 0 Å². The van der Waals surface area contributed by atoms with Crippen LogP contribution in [-0.4, -0.2) is 26.3 Å². The van der Waals surface area contributed by atoms with Crippen molar-refractivity contribution in [2.24, 2.45) is 0 Å². The minimum absolute atomic E-state index is 0.282. The molecule has 148 valence electrons. The van der Waals surface area contributed by atoms with Crippen LogP contribution in [0.25, 0.3) is 0 Å². The summed E-state index contributed by atoms with van der Waals surface area (Å²) in [5.74, 6) is -0.302. The van der Waals surface area contributed by atoms with Gasteiger partial charge < -0.3 is 15.2 Å². The highest BCUT2D eigenvalue weighted by atomic mass is 16.2. The molecule has 0 bridgehead atoms. The van der Waals surface area contributed by atoms with Crippen LogP contribution in [0.15, 0.2) is 48.7 Å². The Morgan fingerprint density at radius 3 is 2.79 bits per heavy atom. The van der Waals surface area contributed by atoms with Crippen molar-refractivity contribution in [3.8, 4) is 0 Å². The number of rotatable bonds is 5. The fourth-order valence-corrected chi connectivity index (χ4v) is 3.56. The molecular formula is C22H23N5O2. The number of carbonyl (C=O) groups excluding carboxylic acids is 2. The van der Waals surface area contributed by atoms with E-state index in [2.05, 4.69) is 20.6 Å². The van der Waals surface area contributed by atoms with Gasteiger partial charge in [0.1, 0.15) is 0 Å². The average molecular weight is 389 g/mol. The van der Waals surface area contributed by atoms with E-state index in [1.165, 1.54) is 0 Å². The molecule has 0 spiro atoms. The van der Waals surface area contributed by atoms with Crippen LogP contribution in [0.3, 0.4) is 0 Å². The number of aromatic nitrogens is 3. The van der Waals surface area contributed by atoms with Gasteiger partial charge in [-0.3, -0.25) is 14.6 Å². The Morgan fingerprint density at radius 1 is 1.10 bits per heavy atom. The second-order valence-corrected chi connectivity index (χ2v) is 7.17. The maximum Gasteiger partial charge on any atom is 0.287 e. The molecule has 7 nitrogen and oxygen atoms in total. The lowest BCUT2D eigenvalue weighted by molar-refractivity contribution is 0.0934. The maximum absolute atomic E-state index is 12.9. The number of amides is 2. The highest BCUT2D eigenvalue weighted by Gasteiger charge is 2.27. The van der Waals surface area contributed by atoms with Gasteiger partial charge in [-0.2, -0.15) is 0 Å². The predicted octanol–water partition coefficient (Wildman–Crippen LogP) is 3.11. The number of nitrogens with one attached hydrogen (secondary N) is 2. The van der Waals surface area contributed by atoms with E-state index in [1.54, 1.807) is 6.20 Å². The molecule has 0 atom stereocenters. The minimum Gasteiger partial charge on any atom is -0.344 e. The first kappa shape index (κ1) is 18.9. The maximum atomic E-state index is 12.9. The molecule has 4 rings (SSSR count). The van der Waals surface area contributed by atoms with Crippen LogP contribution < -0.4 is 10.6 Å². The van der Waals surface area contributed by atoms with Gasteiger partial charge in [0.05, 0.1) is 17.9 Å². The Hall–Kier alpha value is -3.48. The number of pyridine rings is 1. The number of benzene rings is 1. The molecule has 0 saturated heterocycles. The smallest absolute Gasteiger partial charge is 0.287 e. The number of carbonyl (C=O) groups is 2. The monoisotopic (exact) mass is 389 g/mol. The Balaban J connectivity index is 1.56. The molecule has 2 N–H and O–H groups in total. The first-order valence-electron chi connectivity index (χ1n) is 9.77. The van der Waals surface area contributed by atoms with E-state index >= 15 is 0 Å². The largest absolute Gasteiger partial charge is 0.344 e. The topological polar surface area (TPSA) is 88.9 Å². The summed E-state index contributed by atoms with van der Waals surface area (Å²) in [5.41, 5.74) is 3.69. The molecule has 0 fully saturated rings. The van der Waals surface area contributed by atoms with Crippen LogP contribution in [-0.2, 0) is 19.5 Å². The van der Waals surface area contributed by atoms with Crippen LogP contribution in [0.1, 0.15) is 50.9 Å². The van der Waals surface area contributed by atoms with Crippen molar-refractivity contribution >= 4 is 17.5 Å². The summed E-state index contributed by atoms with van der Waals surface area (Å²) in [6.45, 7) is 2.97. The molecule has 0 aliphatic carbocycles. The minimum atomic E-state index is -0.298. The molecule has 2 aromatic heterocycles. The average Bonchev–Trinajstić information content (AvgIpc) is 3.13. The number of imidazole rings is 1. The van der Waals surface area contributed by atoms with E-state index in [-0.39, 0.29) is 17.6 Å². The summed E-state index contributed by atoms with van der Waals surface area (Å²) in [6, 6.07) is 13.2. The third-order valence-electron chi connectivity index (χ3n) is 4.97. The summed E-state index contributed by atoms with van der Waals surface area (Å²) in [6.07, 6.45) is 4.36. The number of fused-ring (bicyclic) bond motifs is 1. The molecular weight excluding hydrogens is 366 g/mol. The third kappa shape index (κ3) is 4.18. The number of nitrogens with zero attached hydrogens (tertiary/aromatic N) is 3. The lowest BCUT2D eigenvalue weighted by atomic mass is 10.1. The Labute approximate surface area is 169 Å². The molecule has 3 heterocycles. The van der Waals surface area contributed by atoms with E-state index in [1.807, 2.05) is 54.0 Å². The number of aryl methyl sites for hydroxylation is 1. The van der Waals surface area contributed by atoms with Crippen LogP contribution in [0.2, 0.25) is 0 Å². The van der Waals surface area contributed by atoms with Gasteiger partial charge in [-0.25, -0.2) is 4.98 Å². The lowest BCUT2D eigenvalue weighted by Crippen LogP contribution is -2.27. The van der Waals surface area contributed by atoms with Crippen molar-refractivity contribution < 1.29 is 9.59 Å². The first-order chi connectivity index (χ1) is 14.1. The molecule has 0 unspecified atom stereocenters. The Morgan fingerprint density at radius 2 is 2.00 bits per heavy atom. The SMILES string of the molecule is Cc1cccc(NC(=O)c2nc(C(=O)NCc3ccccn3)n3c2CCCC3)c1. The zero-order valence-corrected chi connectivity index (χ0v) is 16.3. The molecule has 7 heteroatoms. The highest BCUT2D eigenvalue weighted by molar-refractivity contribution is 6.05. The Bertz CT molecular complexity index is 1040. The number of anilines is 1. The third-order valence-corrected chi connectivity index (χ3v) is 4.97. The summed E-state index contributed by atoms with van der Waals surface area (Å²) in [5, 5.41) is 5.76. The van der Waals surface area contributed by atoms with Gasteiger partial charge >= 0.3 is 0 Å². The van der Waals surface area contributed by atoms with Crippen molar-refractivity contribution in [1.29, 1.82) is 0 Å². The van der Waals surface area contributed by atoms with E-state index in [0.717, 1.165) is 36.2 Å². The van der Waals surface area contributed by atoms with Gasteiger partial charge in [-0.05, 0) is 56.0 Å². The highest BCUT2D eigenvalue weighted by Crippen LogP contribution is 2.22. The second kappa shape index (κ2) is 8.26. The zero-order valence-electron chi connectivity index (χ0n) is 16.3. The zero-order chi connectivity index (χ0) is 20.2. The van der Waals surface area contributed by atoms with Crippen LogP contribution in [0.5, 0.6) is 0 Å². The number of hydrogen-bond donors (Lipinski definition) is 2. The van der Waals surface area contributed by atoms with Gasteiger partial charge in [-0.15, -0.1) is 0 Å². The first-order valence-corrected chi connectivity index (χ1v) is 9.77. The van der Waals surface area contributed by atoms with Crippen molar-refractivity contribution in [3.63, 3.8) is 0 Å². The van der Waals surface area contributed by atoms with Crippen molar-refractivity contribution in [3.05, 3.63) is 77.1 Å². The van der Waals surface area contributed by atoms with E-state index in [4.69, 9.17) is 0 Å². The van der Waals surface area contributed by atoms with Crippen LogP contribution >= 0.6 is 0 Å². The molecule has 3 aromatic rings. The molecule has 1 aliphatic rings. The van der Waals surface area contributed by atoms with Crippen LogP contribution in [0, 0.1) is 6.92 Å². The molecule has 1 aliphatic heterocycles. The van der Waals surface area contributed by atoms with Crippen molar-refractivity contribution in [2.45, 2.75) is 39.3 Å². The van der Waals surface area contributed by atoms with Crippen LogP contribution in [0.4, 0.5) is 5.69 Å². The van der Waals surface area contributed by atoms with E-state index in [9.17, 15) is 9.59 Å². The molecule has 0 saturated carbocycles. The van der Waals surface area contributed by atoms with Gasteiger partial charge in [0.15, 0.2) is 11.5 Å². The van der Waals surface area contributed by atoms with Crippen molar-refractivity contribution in [1.82, 2.24) is 19.9 Å². The molecule has 2 amide bonds. The normalized spacial score (nSPS) is 12.9.